The fraction of sp³-hybridized carbons (Fsp3) is 0.545. The van der Waals surface area contributed by atoms with Crippen LogP contribution in [0.2, 0.25) is 0 Å². The molecule has 1 saturated heterocycles. The number of anilines is 2. The quantitative estimate of drug-likeness (QED) is 0.710. The van der Waals surface area contributed by atoms with Gasteiger partial charge in [0, 0.05) is 57.6 Å². The molecular formula is C22H33N5. The number of hydrogen-bond donors (Lipinski definition) is 0. The van der Waals surface area contributed by atoms with Gasteiger partial charge >= 0.3 is 0 Å². The minimum Gasteiger partial charge on any atom is -0.356 e. The second-order valence-electron chi connectivity index (χ2n) is 7.40. The van der Waals surface area contributed by atoms with Crippen molar-refractivity contribution in [1.29, 1.82) is 0 Å². The summed E-state index contributed by atoms with van der Waals surface area (Å²) >= 11 is 0. The Morgan fingerprint density at radius 1 is 0.926 bits per heavy atom. The Labute approximate surface area is 164 Å². The highest BCUT2D eigenvalue weighted by atomic mass is 15.3. The molecule has 2 heterocycles. The summed E-state index contributed by atoms with van der Waals surface area (Å²) in [4.78, 5) is 16.9. The van der Waals surface area contributed by atoms with E-state index in [9.17, 15) is 0 Å². The van der Waals surface area contributed by atoms with E-state index in [2.05, 4.69) is 71.9 Å². The van der Waals surface area contributed by atoms with E-state index in [1.54, 1.807) is 0 Å². The van der Waals surface area contributed by atoms with Crippen LogP contribution in [0.15, 0.2) is 36.4 Å². The molecule has 1 aromatic heterocycles. The third-order valence-corrected chi connectivity index (χ3v) is 5.04. The Balaban J connectivity index is 1.65. The first-order valence-corrected chi connectivity index (χ1v) is 10.3. The Bertz CT molecular complexity index is 689. The van der Waals surface area contributed by atoms with Crippen LogP contribution in [0.4, 0.5) is 11.8 Å². The molecule has 0 radical (unpaired) electrons. The number of nitrogens with zero attached hydrogens (tertiary/aromatic N) is 5. The molecule has 5 nitrogen and oxygen atoms in total. The van der Waals surface area contributed by atoms with Crippen molar-refractivity contribution in [2.45, 2.75) is 40.2 Å². The number of hydrogen-bond acceptors (Lipinski definition) is 5. The van der Waals surface area contributed by atoms with E-state index in [0.717, 1.165) is 76.1 Å². The first-order chi connectivity index (χ1) is 13.2. The summed E-state index contributed by atoms with van der Waals surface area (Å²) in [7, 11) is 0. The van der Waals surface area contributed by atoms with Crippen molar-refractivity contribution >= 4 is 11.8 Å². The Morgan fingerprint density at radius 2 is 1.59 bits per heavy atom. The zero-order valence-electron chi connectivity index (χ0n) is 17.1. The summed E-state index contributed by atoms with van der Waals surface area (Å²) in [6.45, 7) is 13.7. The van der Waals surface area contributed by atoms with Gasteiger partial charge in [-0.05, 0) is 25.3 Å². The van der Waals surface area contributed by atoms with Crippen molar-refractivity contribution in [2.75, 3.05) is 49.1 Å². The monoisotopic (exact) mass is 367 g/mol. The smallest absolute Gasteiger partial charge is 0.227 e. The second-order valence-corrected chi connectivity index (χ2v) is 7.40. The minimum absolute atomic E-state index is 0.890. The number of rotatable bonds is 8. The molecule has 5 heteroatoms. The average molecular weight is 368 g/mol. The molecule has 27 heavy (non-hydrogen) atoms. The molecule has 1 aliphatic heterocycles. The normalized spacial score (nSPS) is 15.1. The molecule has 0 aliphatic carbocycles. The van der Waals surface area contributed by atoms with E-state index in [1.807, 2.05) is 0 Å². The fourth-order valence-corrected chi connectivity index (χ4v) is 3.67. The van der Waals surface area contributed by atoms with Gasteiger partial charge in [-0.1, -0.05) is 44.2 Å². The number of aryl methyl sites for hydroxylation is 1. The molecule has 0 bridgehead atoms. The van der Waals surface area contributed by atoms with Crippen LogP contribution in [-0.2, 0) is 6.54 Å². The molecule has 0 amide bonds. The Kier molecular flexibility index (Phi) is 7.04. The van der Waals surface area contributed by atoms with Gasteiger partial charge in [0.1, 0.15) is 5.82 Å². The largest absolute Gasteiger partial charge is 0.356 e. The molecule has 1 aliphatic rings. The van der Waals surface area contributed by atoms with E-state index in [-0.39, 0.29) is 0 Å². The highest BCUT2D eigenvalue weighted by Crippen LogP contribution is 2.20. The molecule has 0 saturated carbocycles. The zero-order chi connectivity index (χ0) is 19.1. The van der Waals surface area contributed by atoms with Crippen LogP contribution in [0.1, 0.15) is 37.9 Å². The topological polar surface area (TPSA) is 35.5 Å². The van der Waals surface area contributed by atoms with Gasteiger partial charge in [-0.25, -0.2) is 4.98 Å². The molecule has 0 atom stereocenters. The molecule has 1 fully saturated rings. The lowest BCUT2D eigenvalue weighted by molar-refractivity contribution is 0.248. The summed E-state index contributed by atoms with van der Waals surface area (Å²) < 4.78 is 0. The van der Waals surface area contributed by atoms with E-state index in [4.69, 9.17) is 9.97 Å². The van der Waals surface area contributed by atoms with Gasteiger partial charge in [0.2, 0.25) is 5.95 Å². The molecule has 1 aromatic carbocycles. The van der Waals surface area contributed by atoms with Crippen molar-refractivity contribution in [3.05, 3.63) is 47.7 Å². The summed E-state index contributed by atoms with van der Waals surface area (Å²) in [5.41, 5.74) is 2.44. The standard InChI is InChI=1S/C22H33N5/c1-4-11-26(12-5-2)21-17-19(3)23-22(24-21)27-15-13-25(14-16-27)18-20-9-7-6-8-10-20/h6-10,17H,4-5,11-16,18H2,1-3H3. The number of benzene rings is 1. The van der Waals surface area contributed by atoms with E-state index in [1.165, 1.54) is 5.56 Å². The van der Waals surface area contributed by atoms with Crippen molar-refractivity contribution in [3.63, 3.8) is 0 Å². The zero-order valence-corrected chi connectivity index (χ0v) is 17.1. The van der Waals surface area contributed by atoms with Gasteiger partial charge in [0.15, 0.2) is 0 Å². The predicted octanol–water partition coefficient (Wildman–Crippen LogP) is 3.73. The van der Waals surface area contributed by atoms with Gasteiger partial charge < -0.3 is 9.80 Å². The first-order valence-electron chi connectivity index (χ1n) is 10.3. The van der Waals surface area contributed by atoms with Gasteiger partial charge in [0.05, 0.1) is 0 Å². The van der Waals surface area contributed by atoms with Crippen LogP contribution in [0.3, 0.4) is 0 Å². The fourth-order valence-electron chi connectivity index (χ4n) is 3.67. The third kappa shape index (κ3) is 5.42. The van der Waals surface area contributed by atoms with E-state index >= 15 is 0 Å². The number of piperazine rings is 1. The SMILES string of the molecule is CCCN(CCC)c1cc(C)nc(N2CCN(Cc3ccccc3)CC2)n1. The first kappa shape index (κ1) is 19.6. The summed E-state index contributed by atoms with van der Waals surface area (Å²) in [5.74, 6) is 1.97. The predicted molar refractivity (Wildman–Crippen MR) is 113 cm³/mol. The van der Waals surface area contributed by atoms with Gasteiger partial charge in [-0.15, -0.1) is 0 Å². The molecule has 2 aromatic rings. The molecule has 146 valence electrons. The average Bonchev–Trinajstić information content (AvgIpc) is 2.69. The van der Waals surface area contributed by atoms with E-state index in [0.29, 0.717) is 0 Å². The maximum absolute atomic E-state index is 4.93. The van der Waals surface area contributed by atoms with Gasteiger partial charge in [0.25, 0.3) is 0 Å². The molecule has 0 unspecified atom stereocenters. The molecule has 0 spiro atoms. The van der Waals surface area contributed by atoms with Gasteiger partial charge in [-0.2, -0.15) is 4.98 Å². The number of aromatic nitrogens is 2. The van der Waals surface area contributed by atoms with Crippen LogP contribution in [0.25, 0.3) is 0 Å². The van der Waals surface area contributed by atoms with Crippen LogP contribution in [0, 0.1) is 6.92 Å². The Hall–Kier alpha value is -2.14. The highest BCUT2D eigenvalue weighted by Gasteiger charge is 2.20. The summed E-state index contributed by atoms with van der Waals surface area (Å²) in [6.07, 6.45) is 2.27. The lowest BCUT2D eigenvalue weighted by Crippen LogP contribution is -2.46. The minimum atomic E-state index is 0.890. The van der Waals surface area contributed by atoms with Crippen molar-refractivity contribution in [1.82, 2.24) is 14.9 Å². The van der Waals surface area contributed by atoms with Crippen molar-refractivity contribution in [3.8, 4) is 0 Å². The van der Waals surface area contributed by atoms with Crippen molar-refractivity contribution in [2.24, 2.45) is 0 Å². The van der Waals surface area contributed by atoms with Crippen LogP contribution in [0.5, 0.6) is 0 Å². The maximum Gasteiger partial charge on any atom is 0.227 e. The van der Waals surface area contributed by atoms with Crippen molar-refractivity contribution < 1.29 is 0 Å². The second kappa shape index (κ2) is 9.70. The van der Waals surface area contributed by atoms with Gasteiger partial charge in [-0.3, -0.25) is 4.90 Å². The highest BCUT2D eigenvalue weighted by molar-refractivity contribution is 5.46. The van der Waals surface area contributed by atoms with Crippen LogP contribution >= 0.6 is 0 Å². The molecule has 3 rings (SSSR count). The van der Waals surface area contributed by atoms with E-state index < -0.39 is 0 Å². The van der Waals surface area contributed by atoms with Crippen LogP contribution < -0.4 is 9.80 Å². The molecule has 0 N–H and O–H groups in total. The Morgan fingerprint density at radius 3 is 2.22 bits per heavy atom. The lowest BCUT2D eigenvalue weighted by atomic mass is 10.2. The maximum atomic E-state index is 4.93. The van der Waals surface area contributed by atoms with Crippen LogP contribution in [-0.4, -0.2) is 54.1 Å². The summed E-state index contributed by atoms with van der Waals surface area (Å²) in [5, 5.41) is 0. The summed E-state index contributed by atoms with van der Waals surface area (Å²) in [6, 6.07) is 12.9. The molecular weight excluding hydrogens is 334 g/mol. The lowest BCUT2D eigenvalue weighted by Gasteiger charge is -2.35. The third-order valence-electron chi connectivity index (χ3n) is 5.04.